The summed E-state index contributed by atoms with van der Waals surface area (Å²) < 4.78 is 32.2. The molecule has 1 spiro atoms. The van der Waals surface area contributed by atoms with Crippen molar-refractivity contribution >= 4 is 15.9 Å². The van der Waals surface area contributed by atoms with Crippen molar-refractivity contribution in [2.75, 3.05) is 13.1 Å². The van der Waals surface area contributed by atoms with Gasteiger partial charge in [-0.15, -0.1) is 0 Å². The average molecular weight is 360 g/mol. The van der Waals surface area contributed by atoms with Gasteiger partial charge in [0.05, 0.1) is 17.7 Å². The second-order valence-corrected chi connectivity index (χ2v) is 8.76. The van der Waals surface area contributed by atoms with Crippen LogP contribution in [0.1, 0.15) is 18.6 Å². The Morgan fingerprint density at radius 2 is 2.04 bits per heavy atom. The van der Waals surface area contributed by atoms with Crippen LogP contribution in [-0.2, 0) is 21.4 Å². The lowest BCUT2D eigenvalue weighted by atomic mass is 10.0. The number of nitrogens with one attached hydrogen (secondary N) is 1. The Bertz CT molecular complexity index is 864. The Morgan fingerprint density at radius 1 is 1.24 bits per heavy atom. The topological polar surface area (TPSA) is 79.6 Å². The van der Waals surface area contributed by atoms with Crippen LogP contribution in [0, 0.1) is 11.3 Å². The van der Waals surface area contributed by atoms with E-state index in [0.717, 1.165) is 12.8 Å². The van der Waals surface area contributed by atoms with E-state index in [2.05, 4.69) is 5.32 Å². The van der Waals surface area contributed by atoms with Gasteiger partial charge in [-0.2, -0.15) is 4.31 Å². The zero-order valence-corrected chi connectivity index (χ0v) is 14.5. The summed E-state index contributed by atoms with van der Waals surface area (Å²) in [7, 11) is -3.48. The monoisotopic (exact) mass is 360 g/mol. The highest BCUT2D eigenvalue weighted by Gasteiger charge is 2.62. The number of benzene rings is 1. The minimum Gasteiger partial charge on any atom is -0.467 e. The highest BCUT2D eigenvalue weighted by atomic mass is 32.2. The summed E-state index contributed by atoms with van der Waals surface area (Å²) in [6, 6.07) is 12.1. The van der Waals surface area contributed by atoms with Crippen LogP contribution < -0.4 is 5.32 Å². The third-order valence-electron chi connectivity index (χ3n) is 5.25. The van der Waals surface area contributed by atoms with E-state index in [0.29, 0.717) is 30.3 Å². The molecular formula is C18H20N2O4S. The minimum atomic E-state index is -3.48. The van der Waals surface area contributed by atoms with Crippen LogP contribution in [0.25, 0.3) is 0 Å². The highest BCUT2D eigenvalue weighted by molar-refractivity contribution is 7.89. The van der Waals surface area contributed by atoms with Crippen molar-refractivity contribution in [3.8, 4) is 0 Å². The molecule has 1 N–H and O–H groups in total. The second kappa shape index (κ2) is 6.00. The molecule has 2 aliphatic rings. The van der Waals surface area contributed by atoms with Crippen molar-refractivity contribution in [3.63, 3.8) is 0 Å². The van der Waals surface area contributed by atoms with Crippen LogP contribution in [0.4, 0.5) is 0 Å². The molecule has 1 aromatic carbocycles. The lowest BCUT2D eigenvalue weighted by molar-refractivity contribution is -0.123. The van der Waals surface area contributed by atoms with E-state index in [1.807, 2.05) is 6.07 Å². The number of rotatable bonds is 5. The van der Waals surface area contributed by atoms with Crippen LogP contribution in [0.15, 0.2) is 58.0 Å². The number of carbonyl (C=O) groups excluding carboxylic acids is 1. The molecule has 0 bridgehead atoms. The van der Waals surface area contributed by atoms with E-state index < -0.39 is 10.0 Å². The van der Waals surface area contributed by atoms with Crippen molar-refractivity contribution in [1.29, 1.82) is 0 Å². The van der Waals surface area contributed by atoms with Crippen LogP contribution in [0.3, 0.4) is 0 Å². The number of hydrogen-bond donors (Lipinski definition) is 1. The van der Waals surface area contributed by atoms with Crippen LogP contribution >= 0.6 is 0 Å². The Hall–Kier alpha value is -2.12. The third kappa shape index (κ3) is 2.98. The summed E-state index contributed by atoms with van der Waals surface area (Å²) in [5.41, 5.74) is -0.199. The van der Waals surface area contributed by atoms with Crippen molar-refractivity contribution in [3.05, 3.63) is 54.5 Å². The summed E-state index contributed by atoms with van der Waals surface area (Å²) in [4.78, 5) is 12.7. The Labute approximate surface area is 146 Å². The van der Waals surface area contributed by atoms with Crippen LogP contribution in [-0.4, -0.2) is 31.7 Å². The SMILES string of the molecule is O=C(NCc1ccco1)[C@H]1C[C@]12CCN(S(=O)(=O)c1ccccc1)C2. The molecule has 7 heteroatoms. The fraction of sp³-hybridized carbons (Fsp3) is 0.389. The second-order valence-electron chi connectivity index (χ2n) is 6.82. The number of sulfonamides is 1. The zero-order valence-electron chi connectivity index (χ0n) is 13.7. The maximum atomic E-state index is 12.7. The normalized spacial score (nSPS) is 26.0. The molecule has 2 heterocycles. The van der Waals surface area contributed by atoms with Crippen molar-refractivity contribution in [1.82, 2.24) is 9.62 Å². The molecule has 2 aromatic rings. The number of amides is 1. The molecule has 25 heavy (non-hydrogen) atoms. The van der Waals surface area contributed by atoms with Gasteiger partial charge < -0.3 is 9.73 Å². The molecule has 1 saturated heterocycles. The highest BCUT2D eigenvalue weighted by Crippen LogP contribution is 2.59. The lowest BCUT2D eigenvalue weighted by Gasteiger charge is -2.16. The fourth-order valence-electron chi connectivity index (χ4n) is 3.68. The van der Waals surface area contributed by atoms with Crippen molar-refractivity contribution < 1.29 is 17.6 Å². The van der Waals surface area contributed by atoms with E-state index >= 15 is 0 Å². The molecule has 1 saturated carbocycles. The Balaban J connectivity index is 1.39. The molecule has 2 atom stereocenters. The summed E-state index contributed by atoms with van der Waals surface area (Å²) in [5, 5.41) is 2.88. The van der Waals surface area contributed by atoms with Gasteiger partial charge in [-0.05, 0) is 42.5 Å². The molecule has 0 unspecified atom stereocenters. The standard InChI is InChI=1S/C18H20N2O4S/c21-17(19-12-14-5-4-10-24-14)16-11-18(16)8-9-20(13-18)25(22,23)15-6-2-1-3-7-15/h1-7,10,16H,8-9,11-13H2,(H,19,21)/t16-,18+/m1/s1. The van der Waals surface area contributed by atoms with E-state index in [9.17, 15) is 13.2 Å². The van der Waals surface area contributed by atoms with Gasteiger partial charge >= 0.3 is 0 Å². The predicted octanol–water partition coefficient (Wildman–Crippen LogP) is 2.00. The van der Waals surface area contributed by atoms with E-state index in [4.69, 9.17) is 4.42 Å². The number of carbonyl (C=O) groups is 1. The quantitative estimate of drug-likeness (QED) is 0.884. The van der Waals surface area contributed by atoms with Gasteiger partial charge in [0, 0.05) is 19.0 Å². The van der Waals surface area contributed by atoms with Gasteiger partial charge in [-0.25, -0.2) is 8.42 Å². The summed E-state index contributed by atoms with van der Waals surface area (Å²) >= 11 is 0. The predicted molar refractivity (Wildman–Crippen MR) is 90.9 cm³/mol. The molecule has 1 aliphatic carbocycles. The van der Waals surface area contributed by atoms with Crippen LogP contribution in [0.2, 0.25) is 0 Å². The van der Waals surface area contributed by atoms with Gasteiger partial charge in [-0.1, -0.05) is 18.2 Å². The van der Waals surface area contributed by atoms with E-state index in [1.165, 1.54) is 4.31 Å². The van der Waals surface area contributed by atoms with Crippen LogP contribution in [0.5, 0.6) is 0 Å². The van der Waals surface area contributed by atoms with Crippen molar-refractivity contribution in [2.45, 2.75) is 24.3 Å². The smallest absolute Gasteiger partial charge is 0.243 e. The van der Waals surface area contributed by atoms with Gasteiger partial charge in [0.2, 0.25) is 15.9 Å². The Morgan fingerprint density at radius 3 is 2.76 bits per heavy atom. The molecule has 4 rings (SSSR count). The summed E-state index contributed by atoms with van der Waals surface area (Å²) in [5.74, 6) is 0.580. The summed E-state index contributed by atoms with van der Waals surface area (Å²) in [6.07, 6.45) is 3.05. The first-order valence-corrected chi connectivity index (χ1v) is 9.81. The first kappa shape index (κ1) is 16.4. The van der Waals surface area contributed by atoms with E-state index in [-0.39, 0.29) is 17.2 Å². The number of nitrogens with zero attached hydrogens (tertiary/aromatic N) is 1. The first-order chi connectivity index (χ1) is 12.0. The number of hydrogen-bond acceptors (Lipinski definition) is 4. The molecule has 1 aromatic heterocycles. The Kier molecular flexibility index (Phi) is 3.92. The average Bonchev–Trinajstić information content (AvgIpc) is 2.96. The lowest BCUT2D eigenvalue weighted by Crippen LogP contribution is -2.31. The first-order valence-electron chi connectivity index (χ1n) is 8.37. The van der Waals surface area contributed by atoms with Crippen molar-refractivity contribution in [2.24, 2.45) is 11.3 Å². The molecule has 6 nitrogen and oxygen atoms in total. The number of furan rings is 1. The van der Waals surface area contributed by atoms with Gasteiger partial charge in [0.1, 0.15) is 5.76 Å². The van der Waals surface area contributed by atoms with Gasteiger partial charge in [0.15, 0.2) is 0 Å². The molecule has 2 fully saturated rings. The summed E-state index contributed by atoms with van der Waals surface area (Å²) in [6.45, 7) is 1.26. The minimum absolute atomic E-state index is 0.0182. The molecular weight excluding hydrogens is 340 g/mol. The largest absolute Gasteiger partial charge is 0.467 e. The third-order valence-corrected chi connectivity index (χ3v) is 7.11. The molecule has 132 valence electrons. The zero-order chi connectivity index (χ0) is 17.5. The fourth-order valence-corrected chi connectivity index (χ4v) is 5.24. The maximum absolute atomic E-state index is 12.7. The molecule has 0 radical (unpaired) electrons. The molecule has 1 amide bonds. The van der Waals surface area contributed by atoms with E-state index in [1.54, 1.807) is 42.7 Å². The van der Waals surface area contributed by atoms with Gasteiger partial charge in [-0.3, -0.25) is 4.79 Å². The molecule has 1 aliphatic heterocycles. The maximum Gasteiger partial charge on any atom is 0.243 e. The van der Waals surface area contributed by atoms with Gasteiger partial charge in [0.25, 0.3) is 0 Å².